The molecular weight excluding hydrogens is 729 g/mol. The van der Waals surface area contributed by atoms with Gasteiger partial charge in [-0.05, 0) is 84.7 Å². The van der Waals surface area contributed by atoms with Crippen molar-refractivity contribution in [2.45, 2.75) is 76.7 Å². The summed E-state index contributed by atoms with van der Waals surface area (Å²) in [6.45, 7) is 6.67. The molecule has 300 valence electrons. The number of ether oxygens (including phenoxy) is 3. The summed E-state index contributed by atoms with van der Waals surface area (Å²) in [5, 5.41) is 7.48. The van der Waals surface area contributed by atoms with Crippen molar-refractivity contribution in [2.24, 2.45) is 5.92 Å². The van der Waals surface area contributed by atoms with Crippen molar-refractivity contribution >= 4 is 45.8 Å². The molecule has 2 aromatic heterocycles. The van der Waals surface area contributed by atoms with Gasteiger partial charge >= 0.3 is 12.2 Å². The molecule has 4 heterocycles. The third-order valence-electron chi connectivity index (χ3n) is 11.2. The van der Waals surface area contributed by atoms with Gasteiger partial charge in [0.05, 0.1) is 55.3 Å². The summed E-state index contributed by atoms with van der Waals surface area (Å²) in [6, 6.07) is 16.7. The van der Waals surface area contributed by atoms with Gasteiger partial charge in [-0.2, -0.15) is 0 Å². The molecule has 2 aliphatic rings. The van der Waals surface area contributed by atoms with Crippen LogP contribution >= 0.6 is 0 Å². The van der Waals surface area contributed by atoms with E-state index in [-0.39, 0.29) is 29.8 Å². The minimum absolute atomic E-state index is 0.111. The Balaban J connectivity index is 1.07. The number of alkyl carbamates (subject to hydrolysis) is 2. The van der Waals surface area contributed by atoms with Gasteiger partial charge in [-0.15, -0.1) is 0 Å². The van der Waals surface area contributed by atoms with Gasteiger partial charge in [0.1, 0.15) is 23.7 Å². The van der Waals surface area contributed by atoms with Crippen molar-refractivity contribution in [1.82, 2.24) is 40.4 Å². The van der Waals surface area contributed by atoms with Crippen molar-refractivity contribution in [3.05, 3.63) is 72.4 Å². The SMILES string of the molecule is COC(=O)N[C@@H](C(=O)N1CCC[C@@H]1c1ncc(-c2ccc3cc(-c4ccc5nc([C@H]6CCCN6C(=O)[C@H](NC(=O)OC)[C@H](C)OC)[nH]c5c4)ccc3c2)[nH]1)C(C)C. The summed E-state index contributed by atoms with van der Waals surface area (Å²) in [7, 11) is 4.05. The number of methoxy groups -OCH3 is 3. The fourth-order valence-corrected chi connectivity index (χ4v) is 8.00. The predicted molar refractivity (Wildman–Crippen MR) is 214 cm³/mol. The van der Waals surface area contributed by atoms with Crippen molar-refractivity contribution in [3.63, 3.8) is 0 Å². The second-order valence-corrected chi connectivity index (χ2v) is 15.1. The zero-order valence-corrected chi connectivity index (χ0v) is 33.1. The zero-order valence-electron chi connectivity index (χ0n) is 33.1. The first-order chi connectivity index (χ1) is 27.5. The molecule has 2 saturated heterocycles. The van der Waals surface area contributed by atoms with Gasteiger partial charge in [0.15, 0.2) is 0 Å². The Morgan fingerprint density at radius 1 is 0.719 bits per heavy atom. The van der Waals surface area contributed by atoms with E-state index in [1.807, 2.05) is 31.0 Å². The molecule has 5 atom stereocenters. The number of benzene rings is 3. The molecule has 3 aromatic carbocycles. The molecule has 57 heavy (non-hydrogen) atoms. The molecule has 7 rings (SSSR count). The summed E-state index contributed by atoms with van der Waals surface area (Å²) in [6.07, 6.45) is 3.10. The van der Waals surface area contributed by atoms with Crippen LogP contribution in [-0.4, -0.2) is 106 Å². The number of amides is 4. The number of H-pyrrole nitrogens is 2. The topological polar surface area (TPSA) is 184 Å². The van der Waals surface area contributed by atoms with Crippen LogP contribution in [0.25, 0.3) is 44.2 Å². The third-order valence-corrected chi connectivity index (χ3v) is 11.2. The van der Waals surface area contributed by atoms with Crippen LogP contribution in [0.4, 0.5) is 9.59 Å². The fraction of sp³-hybridized carbons (Fsp3) is 0.429. The average molecular weight is 779 g/mol. The maximum atomic E-state index is 13.7. The molecule has 15 heteroatoms. The van der Waals surface area contributed by atoms with E-state index in [0.717, 1.165) is 75.7 Å². The monoisotopic (exact) mass is 778 g/mol. The molecule has 0 bridgehead atoms. The van der Waals surface area contributed by atoms with E-state index in [1.54, 1.807) is 11.8 Å². The summed E-state index contributed by atoms with van der Waals surface area (Å²) in [4.78, 5) is 71.4. The number of nitrogens with zero attached hydrogens (tertiary/aromatic N) is 4. The highest BCUT2D eigenvalue weighted by atomic mass is 16.5. The van der Waals surface area contributed by atoms with Crippen molar-refractivity contribution < 1.29 is 33.4 Å². The molecule has 4 N–H and O–H groups in total. The largest absolute Gasteiger partial charge is 0.453 e. The second kappa shape index (κ2) is 16.6. The number of aromatic nitrogens is 4. The Bertz CT molecular complexity index is 2280. The number of imidazole rings is 2. The Hall–Kier alpha value is -5.96. The maximum Gasteiger partial charge on any atom is 0.407 e. The lowest BCUT2D eigenvalue weighted by molar-refractivity contribution is -0.137. The fourth-order valence-electron chi connectivity index (χ4n) is 8.00. The van der Waals surface area contributed by atoms with Gasteiger partial charge in [0, 0.05) is 25.8 Å². The molecule has 0 saturated carbocycles. The number of fused-ring (bicyclic) bond motifs is 2. The number of likely N-dealkylation sites (tertiary alicyclic amines) is 2. The molecule has 15 nitrogen and oxygen atoms in total. The Morgan fingerprint density at radius 3 is 1.91 bits per heavy atom. The van der Waals surface area contributed by atoms with Crippen LogP contribution in [0.15, 0.2) is 60.8 Å². The molecule has 0 unspecified atom stereocenters. The Labute approximate surface area is 330 Å². The van der Waals surface area contributed by atoms with E-state index in [4.69, 9.17) is 24.2 Å². The lowest BCUT2D eigenvalue weighted by Gasteiger charge is -2.30. The molecule has 0 radical (unpaired) electrons. The van der Waals surface area contributed by atoms with Crippen molar-refractivity contribution in [3.8, 4) is 22.4 Å². The normalized spacial score (nSPS) is 18.5. The first-order valence-corrected chi connectivity index (χ1v) is 19.4. The smallest absolute Gasteiger partial charge is 0.407 e. The number of carbonyl (C=O) groups is 4. The lowest BCUT2D eigenvalue weighted by atomic mass is 9.99. The summed E-state index contributed by atoms with van der Waals surface area (Å²) < 4.78 is 14.9. The first-order valence-electron chi connectivity index (χ1n) is 19.4. The molecular formula is C42H50N8O7. The van der Waals surface area contributed by atoms with E-state index in [2.05, 4.69) is 69.1 Å². The van der Waals surface area contributed by atoms with Gasteiger partial charge < -0.3 is 44.6 Å². The number of hydrogen-bond acceptors (Lipinski definition) is 9. The molecule has 5 aromatic rings. The first kappa shape index (κ1) is 39.3. The van der Waals surface area contributed by atoms with E-state index in [1.165, 1.54) is 21.3 Å². The van der Waals surface area contributed by atoms with Gasteiger partial charge in [0.25, 0.3) is 0 Å². The number of rotatable bonds is 11. The van der Waals surface area contributed by atoms with Crippen LogP contribution in [0, 0.1) is 5.92 Å². The molecule has 0 aliphatic carbocycles. The molecule has 4 amide bonds. The van der Waals surface area contributed by atoms with Crippen LogP contribution in [0.1, 0.15) is 70.2 Å². The van der Waals surface area contributed by atoms with E-state index in [0.29, 0.717) is 18.9 Å². The molecule has 2 aliphatic heterocycles. The average Bonchev–Trinajstić information content (AvgIpc) is 4.06. The number of nitrogens with one attached hydrogen (secondary N) is 4. The molecule has 2 fully saturated rings. The van der Waals surface area contributed by atoms with E-state index in [9.17, 15) is 19.2 Å². The van der Waals surface area contributed by atoms with Gasteiger partial charge in [-0.1, -0.05) is 44.2 Å². The van der Waals surface area contributed by atoms with Crippen LogP contribution < -0.4 is 10.6 Å². The van der Waals surface area contributed by atoms with Crippen molar-refractivity contribution in [1.29, 1.82) is 0 Å². The van der Waals surface area contributed by atoms with Crippen LogP contribution in [-0.2, 0) is 23.8 Å². The highest BCUT2D eigenvalue weighted by Crippen LogP contribution is 2.36. The number of aromatic amines is 2. The minimum Gasteiger partial charge on any atom is -0.453 e. The zero-order chi connectivity index (χ0) is 40.4. The highest BCUT2D eigenvalue weighted by Gasteiger charge is 2.39. The highest BCUT2D eigenvalue weighted by molar-refractivity contribution is 5.92. The minimum atomic E-state index is -0.901. The standard InChI is InChI=1S/C42H50N8O7/c1-23(2)35(47-41(53)56-5)39(51)49-17-7-9-33(49)37-43-22-32(46-37)29-14-13-25-19-26(11-12-27(25)20-29)28-15-16-30-31(21-28)45-38(44-30)34-10-8-18-50(34)40(52)36(24(3)55-4)48-42(54)57-6/h11-16,19-24,33-36H,7-10,17-18H2,1-6H3,(H,43,46)(H,44,45)(H,47,53)(H,48,54)/t24-,33+,34+,35+,36+/m0/s1. The number of hydrogen-bond donors (Lipinski definition) is 4. The quantitative estimate of drug-likeness (QED) is 0.121. The van der Waals surface area contributed by atoms with E-state index < -0.39 is 30.4 Å². The Kier molecular flexibility index (Phi) is 11.5. The predicted octanol–water partition coefficient (Wildman–Crippen LogP) is 6.24. The molecule has 0 spiro atoms. The second-order valence-electron chi connectivity index (χ2n) is 15.1. The van der Waals surface area contributed by atoms with Crippen LogP contribution in [0.3, 0.4) is 0 Å². The van der Waals surface area contributed by atoms with Gasteiger partial charge in [0.2, 0.25) is 11.8 Å². The summed E-state index contributed by atoms with van der Waals surface area (Å²) >= 11 is 0. The van der Waals surface area contributed by atoms with Crippen LogP contribution in [0.5, 0.6) is 0 Å². The van der Waals surface area contributed by atoms with Gasteiger partial charge in [-0.25, -0.2) is 19.6 Å². The maximum absolute atomic E-state index is 13.7. The van der Waals surface area contributed by atoms with Crippen LogP contribution in [0.2, 0.25) is 0 Å². The van der Waals surface area contributed by atoms with E-state index >= 15 is 0 Å². The van der Waals surface area contributed by atoms with Crippen molar-refractivity contribution in [2.75, 3.05) is 34.4 Å². The third kappa shape index (κ3) is 8.01. The summed E-state index contributed by atoms with van der Waals surface area (Å²) in [5.41, 5.74) is 5.57. The number of carbonyl (C=O) groups excluding carboxylic acids is 4. The lowest BCUT2D eigenvalue weighted by Crippen LogP contribution is -2.54. The van der Waals surface area contributed by atoms with Gasteiger partial charge in [-0.3, -0.25) is 9.59 Å². The Morgan fingerprint density at radius 2 is 1.28 bits per heavy atom. The summed E-state index contributed by atoms with van der Waals surface area (Å²) in [5.74, 6) is 0.918.